The van der Waals surface area contributed by atoms with E-state index in [4.69, 9.17) is 4.74 Å². The highest BCUT2D eigenvalue weighted by atomic mass is 16.5. The molecule has 7 heteroatoms. The van der Waals surface area contributed by atoms with Gasteiger partial charge in [0.1, 0.15) is 11.4 Å². The van der Waals surface area contributed by atoms with Crippen molar-refractivity contribution in [1.82, 2.24) is 14.8 Å². The van der Waals surface area contributed by atoms with E-state index in [9.17, 15) is 9.59 Å². The Balaban J connectivity index is 1.73. The fraction of sp³-hybridized carbons (Fsp3) is 0.0909. The molecule has 142 valence electrons. The third kappa shape index (κ3) is 2.44. The normalized spacial score (nSPS) is 13.2. The quantitative estimate of drug-likeness (QED) is 0.506. The highest BCUT2D eigenvalue weighted by Gasteiger charge is 2.40. The number of nitrogens with zero attached hydrogens (tertiary/aromatic N) is 4. The van der Waals surface area contributed by atoms with E-state index < -0.39 is 5.91 Å². The molecule has 0 bridgehead atoms. The van der Waals surface area contributed by atoms with Gasteiger partial charge in [-0.2, -0.15) is 5.10 Å². The van der Waals surface area contributed by atoms with Crippen molar-refractivity contribution in [2.24, 2.45) is 7.05 Å². The maximum absolute atomic E-state index is 13.4. The van der Waals surface area contributed by atoms with Gasteiger partial charge in [-0.25, -0.2) is 14.6 Å². The van der Waals surface area contributed by atoms with Crippen LogP contribution in [0.1, 0.15) is 20.7 Å². The Kier molecular flexibility index (Phi) is 3.70. The molecule has 0 radical (unpaired) electrons. The number of methoxy groups -OCH3 is 1. The Morgan fingerprint density at radius 3 is 2.34 bits per heavy atom. The zero-order valence-electron chi connectivity index (χ0n) is 15.8. The summed E-state index contributed by atoms with van der Waals surface area (Å²) in [6, 6.07) is 16.4. The molecule has 0 unspecified atom stereocenters. The number of hydrogen-bond acceptors (Lipinski definition) is 5. The summed E-state index contributed by atoms with van der Waals surface area (Å²) in [4.78, 5) is 32.0. The number of carbonyl (C=O) groups excluding carboxylic acids is 2. The van der Waals surface area contributed by atoms with Crippen LogP contribution in [0.4, 0.5) is 5.69 Å². The first-order valence-corrected chi connectivity index (χ1v) is 9.04. The Bertz CT molecular complexity index is 1280. The molecule has 5 rings (SSSR count). The summed E-state index contributed by atoms with van der Waals surface area (Å²) in [5.74, 6) is -0.131. The molecule has 0 aliphatic carbocycles. The molecule has 1 aliphatic heterocycles. The lowest BCUT2D eigenvalue weighted by molar-refractivity contribution is 0.0926. The van der Waals surface area contributed by atoms with E-state index in [2.05, 4.69) is 10.1 Å². The van der Waals surface area contributed by atoms with Crippen LogP contribution >= 0.6 is 0 Å². The van der Waals surface area contributed by atoms with Crippen molar-refractivity contribution in [3.05, 3.63) is 71.9 Å². The predicted octanol–water partition coefficient (Wildman–Crippen LogP) is 3.44. The second-order valence-corrected chi connectivity index (χ2v) is 6.73. The van der Waals surface area contributed by atoms with Gasteiger partial charge in [0, 0.05) is 18.8 Å². The van der Waals surface area contributed by atoms with Gasteiger partial charge in [0.15, 0.2) is 5.65 Å². The zero-order valence-corrected chi connectivity index (χ0v) is 15.8. The van der Waals surface area contributed by atoms with Gasteiger partial charge in [0.25, 0.3) is 11.8 Å². The van der Waals surface area contributed by atoms with Crippen LogP contribution in [0.15, 0.2) is 60.8 Å². The molecule has 29 heavy (non-hydrogen) atoms. The number of fused-ring (bicyclic) bond motifs is 3. The third-order valence-corrected chi connectivity index (χ3v) is 5.08. The van der Waals surface area contributed by atoms with E-state index in [0.717, 1.165) is 5.56 Å². The van der Waals surface area contributed by atoms with Crippen molar-refractivity contribution < 1.29 is 14.3 Å². The zero-order chi connectivity index (χ0) is 20.1. The van der Waals surface area contributed by atoms with E-state index in [-0.39, 0.29) is 11.5 Å². The Hall–Kier alpha value is -4.00. The average Bonchev–Trinajstić information content (AvgIpc) is 3.23. The van der Waals surface area contributed by atoms with Crippen LogP contribution in [0.25, 0.3) is 22.3 Å². The molecular weight excluding hydrogens is 368 g/mol. The molecule has 2 amide bonds. The number of carbonyl (C=O) groups is 2. The minimum Gasteiger partial charge on any atom is -0.497 e. The molecule has 7 nitrogen and oxygen atoms in total. The van der Waals surface area contributed by atoms with Gasteiger partial charge in [0.2, 0.25) is 0 Å². The standard InChI is InChI=1S/C22H16N4O3/c1-25-20-18(19(24-25)13-6-4-3-5-7-13)17-16(12-23-20)21(27)26(22(17)28)14-8-10-15(29-2)11-9-14/h3-12H,1-2H3. The minimum absolute atomic E-state index is 0.281. The maximum Gasteiger partial charge on any atom is 0.267 e. The minimum atomic E-state index is -0.396. The lowest BCUT2D eigenvalue weighted by Crippen LogP contribution is -2.29. The van der Waals surface area contributed by atoms with Crippen LogP contribution in [-0.2, 0) is 7.05 Å². The molecule has 0 N–H and O–H groups in total. The maximum atomic E-state index is 13.4. The van der Waals surface area contributed by atoms with E-state index >= 15 is 0 Å². The number of benzene rings is 2. The summed E-state index contributed by atoms with van der Waals surface area (Å²) in [7, 11) is 3.34. The average molecular weight is 384 g/mol. The Morgan fingerprint density at radius 1 is 0.931 bits per heavy atom. The van der Waals surface area contributed by atoms with Crippen LogP contribution in [0.5, 0.6) is 5.75 Å². The number of pyridine rings is 1. The first-order chi connectivity index (χ1) is 14.1. The number of anilines is 1. The summed E-state index contributed by atoms with van der Waals surface area (Å²) in [5.41, 5.74) is 3.14. The Labute approximate surface area is 166 Å². The predicted molar refractivity (Wildman–Crippen MR) is 108 cm³/mol. The first-order valence-electron chi connectivity index (χ1n) is 9.04. The van der Waals surface area contributed by atoms with E-state index in [1.165, 1.54) is 11.1 Å². The SMILES string of the molecule is COc1ccc(N2C(=O)c3cnc4c(c(-c5ccccc5)nn4C)c3C2=O)cc1. The van der Waals surface area contributed by atoms with Crippen molar-refractivity contribution in [2.75, 3.05) is 12.0 Å². The molecule has 3 heterocycles. The monoisotopic (exact) mass is 384 g/mol. The molecule has 4 aromatic rings. The van der Waals surface area contributed by atoms with Crippen LogP contribution < -0.4 is 9.64 Å². The van der Waals surface area contributed by atoms with Crippen molar-refractivity contribution in [3.63, 3.8) is 0 Å². The third-order valence-electron chi connectivity index (χ3n) is 5.08. The number of rotatable bonds is 3. The summed E-state index contributed by atoms with van der Waals surface area (Å²) in [6.45, 7) is 0. The number of hydrogen-bond donors (Lipinski definition) is 0. The number of amides is 2. The molecule has 0 saturated carbocycles. The molecule has 0 fully saturated rings. The summed E-state index contributed by atoms with van der Waals surface area (Å²) < 4.78 is 6.79. The van der Waals surface area contributed by atoms with Crippen LogP contribution in [0.3, 0.4) is 0 Å². The smallest absolute Gasteiger partial charge is 0.267 e. The molecule has 0 spiro atoms. The van der Waals surface area contributed by atoms with Gasteiger partial charge in [-0.15, -0.1) is 0 Å². The molecule has 0 saturated heterocycles. The molecule has 1 aliphatic rings. The van der Waals surface area contributed by atoms with Crippen molar-refractivity contribution in [3.8, 4) is 17.0 Å². The largest absolute Gasteiger partial charge is 0.497 e. The summed E-state index contributed by atoms with van der Waals surface area (Å²) >= 11 is 0. The van der Waals surface area contributed by atoms with Crippen molar-refractivity contribution >= 4 is 28.5 Å². The fourth-order valence-corrected chi connectivity index (χ4v) is 3.69. The van der Waals surface area contributed by atoms with Gasteiger partial charge in [-0.05, 0) is 24.3 Å². The number of aromatic nitrogens is 3. The second kappa shape index (κ2) is 6.27. The van der Waals surface area contributed by atoms with Gasteiger partial charge in [-0.3, -0.25) is 9.59 Å². The fourth-order valence-electron chi connectivity index (χ4n) is 3.69. The van der Waals surface area contributed by atoms with Crippen LogP contribution in [-0.4, -0.2) is 33.7 Å². The van der Waals surface area contributed by atoms with E-state index in [0.29, 0.717) is 33.7 Å². The topological polar surface area (TPSA) is 77.3 Å². The number of aryl methyl sites for hydroxylation is 1. The van der Waals surface area contributed by atoms with E-state index in [1.807, 2.05) is 30.3 Å². The van der Waals surface area contributed by atoms with Gasteiger partial charge >= 0.3 is 0 Å². The lowest BCUT2D eigenvalue weighted by Gasteiger charge is -2.14. The van der Waals surface area contributed by atoms with Crippen LogP contribution in [0.2, 0.25) is 0 Å². The number of imide groups is 1. The van der Waals surface area contributed by atoms with Crippen molar-refractivity contribution in [2.45, 2.75) is 0 Å². The lowest BCUT2D eigenvalue weighted by atomic mass is 10.0. The summed E-state index contributed by atoms with van der Waals surface area (Å²) in [5, 5.41) is 5.16. The highest BCUT2D eigenvalue weighted by Crippen LogP contribution is 2.37. The first kappa shape index (κ1) is 17.1. The number of ether oxygens (including phenoxy) is 1. The Morgan fingerprint density at radius 2 is 1.66 bits per heavy atom. The molecular formula is C22H16N4O3. The van der Waals surface area contributed by atoms with Crippen molar-refractivity contribution in [1.29, 1.82) is 0 Å². The van der Waals surface area contributed by atoms with Gasteiger partial charge in [0.05, 0.1) is 29.3 Å². The van der Waals surface area contributed by atoms with Crippen LogP contribution in [0, 0.1) is 0 Å². The summed E-state index contributed by atoms with van der Waals surface area (Å²) in [6.07, 6.45) is 1.46. The van der Waals surface area contributed by atoms with Gasteiger partial charge < -0.3 is 4.74 Å². The van der Waals surface area contributed by atoms with E-state index in [1.54, 1.807) is 43.1 Å². The highest BCUT2D eigenvalue weighted by molar-refractivity contribution is 6.38. The molecule has 2 aromatic heterocycles. The molecule has 0 atom stereocenters. The van der Waals surface area contributed by atoms with Gasteiger partial charge in [-0.1, -0.05) is 30.3 Å². The second-order valence-electron chi connectivity index (χ2n) is 6.73. The molecule has 2 aromatic carbocycles.